The first kappa shape index (κ1) is 20.2. The van der Waals surface area contributed by atoms with Crippen molar-refractivity contribution in [1.29, 1.82) is 0 Å². The topological polar surface area (TPSA) is 71.3 Å². The highest BCUT2D eigenvalue weighted by Crippen LogP contribution is 2.11. The van der Waals surface area contributed by atoms with Crippen LogP contribution in [0.4, 0.5) is 0 Å². The standard InChI is InChI=1S/C20H24N2O3.ClH/c1-14-12-17(10-9-15-6-3-2-4-7-15)25-20(24)18(14)19(23)22-13-16-8-5-11-21-16;/h2-4,6-7,12,16,21H,5,8-11,13H2,1H3,(H,22,23);1H/t16-;/m0./s1. The Bertz CT molecular complexity index is 783. The number of rotatable bonds is 6. The van der Waals surface area contributed by atoms with Gasteiger partial charge in [-0.2, -0.15) is 0 Å². The monoisotopic (exact) mass is 376 g/mol. The second kappa shape index (κ2) is 9.55. The lowest BCUT2D eigenvalue weighted by molar-refractivity contribution is 0.0945. The van der Waals surface area contributed by atoms with E-state index in [9.17, 15) is 9.59 Å². The molecule has 1 aliphatic rings. The average molecular weight is 377 g/mol. The summed E-state index contributed by atoms with van der Waals surface area (Å²) in [5.74, 6) is 0.259. The predicted octanol–water partition coefficient (Wildman–Crippen LogP) is 2.64. The number of halogens is 1. The fourth-order valence-corrected chi connectivity index (χ4v) is 3.22. The zero-order valence-electron chi connectivity index (χ0n) is 14.9. The van der Waals surface area contributed by atoms with Crippen LogP contribution in [0.5, 0.6) is 0 Å². The van der Waals surface area contributed by atoms with Crippen LogP contribution in [-0.4, -0.2) is 25.0 Å². The molecule has 140 valence electrons. The second-order valence-electron chi connectivity index (χ2n) is 6.55. The van der Waals surface area contributed by atoms with E-state index in [1.165, 1.54) is 5.56 Å². The van der Waals surface area contributed by atoms with Crippen LogP contribution in [0.1, 0.15) is 40.1 Å². The molecule has 6 heteroatoms. The Balaban J connectivity index is 0.00000243. The van der Waals surface area contributed by atoms with Gasteiger partial charge in [-0.25, -0.2) is 4.79 Å². The highest BCUT2D eigenvalue weighted by Gasteiger charge is 2.19. The van der Waals surface area contributed by atoms with Crippen molar-refractivity contribution in [3.05, 3.63) is 69.3 Å². The molecule has 0 bridgehead atoms. The van der Waals surface area contributed by atoms with E-state index in [0.29, 0.717) is 30.3 Å². The van der Waals surface area contributed by atoms with Gasteiger partial charge in [-0.15, -0.1) is 12.4 Å². The molecule has 2 N–H and O–H groups in total. The molecule has 2 aromatic rings. The minimum absolute atomic E-state index is 0. The molecule has 0 aliphatic carbocycles. The van der Waals surface area contributed by atoms with Gasteiger partial charge in [0.25, 0.3) is 5.91 Å². The first-order valence-electron chi connectivity index (χ1n) is 8.82. The molecule has 0 radical (unpaired) electrons. The molecule has 0 unspecified atom stereocenters. The lowest BCUT2D eigenvalue weighted by Gasteiger charge is -2.12. The molecule has 1 atom stereocenters. The highest BCUT2D eigenvalue weighted by atomic mass is 35.5. The van der Waals surface area contributed by atoms with Crippen molar-refractivity contribution in [3.8, 4) is 0 Å². The lowest BCUT2D eigenvalue weighted by atomic mass is 10.1. The summed E-state index contributed by atoms with van der Waals surface area (Å²) in [6, 6.07) is 12.1. The Labute approximate surface area is 159 Å². The van der Waals surface area contributed by atoms with Crippen LogP contribution in [0.2, 0.25) is 0 Å². The fourth-order valence-electron chi connectivity index (χ4n) is 3.22. The van der Waals surface area contributed by atoms with Gasteiger partial charge in [0.05, 0.1) is 0 Å². The smallest absolute Gasteiger partial charge is 0.349 e. The van der Waals surface area contributed by atoms with Crippen molar-refractivity contribution < 1.29 is 9.21 Å². The minimum Gasteiger partial charge on any atom is -0.427 e. The van der Waals surface area contributed by atoms with Crippen molar-refractivity contribution in [2.24, 2.45) is 0 Å². The Morgan fingerprint density at radius 3 is 2.69 bits per heavy atom. The molecular formula is C20H25ClN2O3. The van der Waals surface area contributed by atoms with Gasteiger partial charge in [-0.1, -0.05) is 30.3 Å². The largest absolute Gasteiger partial charge is 0.427 e. The summed E-state index contributed by atoms with van der Waals surface area (Å²) in [5, 5.41) is 6.16. The minimum atomic E-state index is -0.556. The Morgan fingerprint density at radius 1 is 1.27 bits per heavy atom. The molecule has 1 fully saturated rings. The van der Waals surface area contributed by atoms with Gasteiger partial charge in [0.1, 0.15) is 11.3 Å². The predicted molar refractivity (Wildman–Crippen MR) is 104 cm³/mol. The van der Waals surface area contributed by atoms with Crippen molar-refractivity contribution >= 4 is 18.3 Å². The van der Waals surface area contributed by atoms with Crippen molar-refractivity contribution in [2.75, 3.05) is 13.1 Å². The summed E-state index contributed by atoms with van der Waals surface area (Å²) in [6.07, 6.45) is 3.60. The molecular weight excluding hydrogens is 352 g/mol. The van der Waals surface area contributed by atoms with Gasteiger partial charge in [0.2, 0.25) is 0 Å². The fraction of sp³-hybridized carbons (Fsp3) is 0.400. The van der Waals surface area contributed by atoms with Crippen molar-refractivity contribution in [2.45, 2.75) is 38.6 Å². The molecule has 2 heterocycles. The van der Waals surface area contributed by atoms with E-state index >= 15 is 0 Å². The average Bonchev–Trinajstić information content (AvgIpc) is 3.12. The van der Waals surface area contributed by atoms with Crippen LogP contribution in [0.25, 0.3) is 0 Å². The molecule has 26 heavy (non-hydrogen) atoms. The van der Waals surface area contributed by atoms with E-state index in [2.05, 4.69) is 10.6 Å². The molecule has 0 spiro atoms. The quantitative estimate of drug-likeness (QED) is 0.813. The second-order valence-corrected chi connectivity index (χ2v) is 6.55. The third-order valence-electron chi connectivity index (χ3n) is 4.60. The summed E-state index contributed by atoms with van der Waals surface area (Å²) in [5.41, 5.74) is 1.41. The zero-order chi connectivity index (χ0) is 17.6. The number of benzene rings is 1. The van der Waals surface area contributed by atoms with E-state index in [1.54, 1.807) is 13.0 Å². The van der Waals surface area contributed by atoms with Gasteiger partial charge in [0.15, 0.2) is 0 Å². The maximum Gasteiger partial charge on any atom is 0.349 e. The number of aryl methyl sites for hydroxylation is 3. The Morgan fingerprint density at radius 2 is 2.04 bits per heavy atom. The summed E-state index contributed by atoms with van der Waals surface area (Å²) < 4.78 is 5.37. The molecule has 5 nitrogen and oxygen atoms in total. The van der Waals surface area contributed by atoms with E-state index in [-0.39, 0.29) is 23.9 Å². The first-order chi connectivity index (χ1) is 12.1. The molecule has 1 aliphatic heterocycles. The molecule has 1 aromatic carbocycles. The summed E-state index contributed by atoms with van der Waals surface area (Å²) >= 11 is 0. The van der Waals surface area contributed by atoms with Gasteiger partial charge < -0.3 is 15.1 Å². The SMILES string of the molecule is Cc1cc(CCc2ccccc2)oc(=O)c1C(=O)NC[C@@H]1CCCN1.Cl. The summed E-state index contributed by atoms with van der Waals surface area (Å²) in [6.45, 7) is 3.30. The van der Waals surface area contributed by atoms with E-state index in [4.69, 9.17) is 4.42 Å². The van der Waals surface area contributed by atoms with Crippen LogP contribution < -0.4 is 16.3 Å². The maximum absolute atomic E-state index is 12.3. The van der Waals surface area contributed by atoms with Crippen LogP contribution in [0.3, 0.4) is 0 Å². The summed E-state index contributed by atoms with van der Waals surface area (Å²) in [4.78, 5) is 24.6. The molecule has 1 saturated heterocycles. The lowest BCUT2D eigenvalue weighted by Crippen LogP contribution is -2.39. The number of hydrogen-bond donors (Lipinski definition) is 2. The number of carbonyl (C=O) groups is 1. The van der Waals surface area contributed by atoms with Crippen LogP contribution in [0, 0.1) is 6.92 Å². The van der Waals surface area contributed by atoms with Gasteiger partial charge >= 0.3 is 5.63 Å². The Kier molecular flexibility index (Phi) is 7.42. The molecule has 3 rings (SSSR count). The van der Waals surface area contributed by atoms with Gasteiger partial charge in [-0.05, 0) is 49.9 Å². The highest BCUT2D eigenvalue weighted by molar-refractivity contribution is 5.95. The molecule has 0 saturated carbocycles. The van der Waals surface area contributed by atoms with Gasteiger partial charge in [0, 0.05) is 19.0 Å². The number of nitrogens with one attached hydrogen (secondary N) is 2. The van der Waals surface area contributed by atoms with Crippen LogP contribution in [-0.2, 0) is 12.8 Å². The maximum atomic E-state index is 12.3. The number of amides is 1. The third-order valence-corrected chi connectivity index (χ3v) is 4.60. The van der Waals surface area contributed by atoms with E-state index in [1.807, 2.05) is 30.3 Å². The number of hydrogen-bond acceptors (Lipinski definition) is 4. The summed E-state index contributed by atoms with van der Waals surface area (Å²) in [7, 11) is 0. The van der Waals surface area contributed by atoms with E-state index < -0.39 is 5.63 Å². The zero-order valence-corrected chi connectivity index (χ0v) is 15.7. The van der Waals surface area contributed by atoms with Crippen molar-refractivity contribution in [1.82, 2.24) is 10.6 Å². The van der Waals surface area contributed by atoms with Gasteiger partial charge in [-0.3, -0.25) is 4.79 Å². The van der Waals surface area contributed by atoms with Crippen molar-refractivity contribution in [3.63, 3.8) is 0 Å². The number of carbonyl (C=O) groups excluding carboxylic acids is 1. The van der Waals surface area contributed by atoms with Crippen LogP contribution >= 0.6 is 12.4 Å². The normalized spacial score (nSPS) is 16.1. The van der Waals surface area contributed by atoms with Crippen LogP contribution in [0.15, 0.2) is 45.6 Å². The third kappa shape index (κ3) is 5.19. The molecule has 1 amide bonds. The molecule has 1 aromatic heterocycles. The Hall–Kier alpha value is -2.11. The first-order valence-corrected chi connectivity index (χ1v) is 8.82. The van der Waals surface area contributed by atoms with E-state index in [0.717, 1.165) is 25.8 Å².